The Kier molecular flexibility index (Phi) is 7.95. The van der Waals surface area contributed by atoms with Gasteiger partial charge in [0.1, 0.15) is 18.1 Å². The zero-order valence-electron chi connectivity index (χ0n) is 19.1. The highest BCUT2D eigenvalue weighted by Gasteiger charge is 2.33. The number of carboxylic acids is 1. The molecular formula is C26H24ClF3O5. The van der Waals surface area contributed by atoms with Gasteiger partial charge in [0.2, 0.25) is 0 Å². The highest BCUT2D eigenvalue weighted by molar-refractivity contribution is 6.32. The predicted octanol–water partition coefficient (Wildman–Crippen LogP) is 7.43. The number of benzene rings is 3. The first-order valence-corrected chi connectivity index (χ1v) is 11.3. The summed E-state index contributed by atoms with van der Waals surface area (Å²) in [6.45, 7) is 3.30. The number of ether oxygens (including phenoxy) is 2. The third-order valence-corrected chi connectivity index (χ3v) is 6.28. The van der Waals surface area contributed by atoms with E-state index in [4.69, 9.17) is 16.3 Å². The molecule has 0 bridgehead atoms. The Balaban J connectivity index is 1.87. The molecule has 0 saturated heterocycles. The number of Topliss-reactive ketones (excluding diaryl/α,β-unsaturated/α-hetero) is 1. The molecule has 0 spiro atoms. The summed E-state index contributed by atoms with van der Waals surface area (Å²) in [4.78, 5) is 24.7. The van der Waals surface area contributed by atoms with E-state index in [0.29, 0.717) is 28.7 Å². The Morgan fingerprint density at radius 3 is 2.40 bits per heavy atom. The van der Waals surface area contributed by atoms with Crippen LogP contribution in [0, 0.1) is 5.41 Å². The summed E-state index contributed by atoms with van der Waals surface area (Å²) >= 11 is 5.93. The maximum atomic E-state index is 13.1. The fourth-order valence-corrected chi connectivity index (χ4v) is 3.82. The first-order chi connectivity index (χ1) is 16.4. The van der Waals surface area contributed by atoms with Crippen LogP contribution in [0.1, 0.15) is 49.0 Å². The van der Waals surface area contributed by atoms with Crippen LogP contribution in [0.15, 0.2) is 54.6 Å². The summed E-state index contributed by atoms with van der Waals surface area (Å²) < 4.78 is 47.4. The molecule has 0 amide bonds. The number of carboxylic acid groups (broad SMARTS) is 1. The molecule has 0 saturated carbocycles. The van der Waals surface area contributed by atoms with Gasteiger partial charge in [0.15, 0.2) is 5.78 Å². The molecule has 0 aromatic heterocycles. The van der Waals surface area contributed by atoms with Gasteiger partial charge < -0.3 is 14.6 Å². The summed E-state index contributed by atoms with van der Waals surface area (Å²) in [6, 6.07) is 14.5. The first-order valence-electron chi connectivity index (χ1n) is 10.9. The van der Waals surface area contributed by atoms with Gasteiger partial charge in [-0.1, -0.05) is 54.9 Å². The van der Waals surface area contributed by atoms with E-state index in [1.165, 1.54) is 12.1 Å². The molecule has 186 valence electrons. The highest BCUT2D eigenvalue weighted by atomic mass is 35.5. The van der Waals surface area contributed by atoms with Gasteiger partial charge in [-0.05, 0) is 48.9 Å². The average molecular weight is 509 g/mol. The monoisotopic (exact) mass is 508 g/mol. The van der Waals surface area contributed by atoms with E-state index in [-0.39, 0.29) is 30.3 Å². The van der Waals surface area contributed by atoms with Gasteiger partial charge in [0.25, 0.3) is 0 Å². The number of fused-ring (bicyclic) bond motifs is 1. The molecule has 0 fully saturated rings. The number of carbonyl (C=O) groups is 2. The van der Waals surface area contributed by atoms with Crippen molar-refractivity contribution >= 4 is 34.1 Å². The third kappa shape index (κ3) is 6.45. The van der Waals surface area contributed by atoms with Crippen LogP contribution in [0.5, 0.6) is 11.5 Å². The van der Waals surface area contributed by atoms with Gasteiger partial charge in [-0.2, -0.15) is 0 Å². The number of halogens is 4. The van der Waals surface area contributed by atoms with Crippen LogP contribution in [0.25, 0.3) is 10.8 Å². The van der Waals surface area contributed by atoms with E-state index in [1.54, 1.807) is 38.1 Å². The van der Waals surface area contributed by atoms with Crippen molar-refractivity contribution in [1.82, 2.24) is 0 Å². The van der Waals surface area contributed by atoms with Gasteiger partial charge >= 0.3 is 12.3 Å². The zero-order valence-corrected chi connectivity index (χ0v) is 19.9. The van der Waals surface area contributed by atoms with Gasteiger partial charge in [-0.25, -0.2) is 0 Å². The van der Waals surface area contributed by atoms with Crippen LogP contribution in [-0.2, 0) is 11.4 Å². The molecule has 3 aromatic rings. The van der Waals surface area contributed by atoms with Crippen LogP contribution in [-0.4, -0.2) is 23.2 Å². The fraction of sp³-hybridized carbons (Fsp3) is 0.308. The SMILES string of the molecule is CCC(C)(CCC(=O)c1ccc2ccccc2c1OCc1ccc(OC(F)(F)F)c(Cl)c1)C(=O)O. The molecule has 35 heavy (non-hydrogen) atoms. The Morgan fingerprint density at radius 2 is 1.77 bits per heavy atom. The van der Waals surface area contributed by atoms with Crippen LogP contribution in [0.4, 0.5) is 13.2 Å². The van der Waals surface area contributed by atoms with E-state index in [2.05, 4.69) is 4.74 Å². The van der Waals surface area contributed by atoms with E-state index >= 15 is 0 Å². The average Bonchev–Trinajstić information content (AvgIpc) is 2.81. The Hall–Kier alpha value is -3.26. The maximum absolute atomic E-state index is 13.1. The van der Waals surface area contributed by atoms with Crippen molar-refractivity contribution in [3.63, 3.8) is 0 Å². The molecule has 1 atom stereocenters. The molecule has 0 aliphatic carbocycles. The van der Waals surface area contributed by atoms with Crippen LogP contribution in [0.3, 0.4) is 0 Å². The number of alkyl halides is 3. The summed E-state index contributed by atoms with van der Waals surface area (Å²) in [5.41, 5.74) is -0.249. The lowest BCUT2D eigenvalue weighted by Gasteiger charge is -2.22. The quantitative estimate of drug-likeness (QED) is 0.288. The van der Waals surface area contributed by atoms with Gasteiger partial charge in [-0.3, -0.25) is 9.59 Å². The van der Waals surface area contributed by atoms with Crippen molar-refractivity contribution in [2.45, 2.75) is 46.1 Å². The van der Waals surface area contributed by atoms with Crippen molar-refractivity contribution in [2.75, 3.05) is 0 Å². The molecule has 3 aromatic carbocycles. The van der Waals surface area contributed by atoms with Gasteiger partial charge in [-0.15, -0.1) is 13.2 Å². The van der Waals surface area contributed by atoms with E-state index in [1.807, 2.05) is 12.1 Å². The Labute approximate surface area is 205 Å². The van der Waals surface area contributed by atoms with Crippen molar-refractivity contribution in [2.24, 2.45) is 5.41 Å². The number of aliphatic carboxylic acids is 1. The number of ketones is 1. The maximum Gasteiger partial charge on any atom is 0.573 e. The molecule has 0 radical (unpaired) electrons. The molecule has 5 nitrogen and oxygen atoms in total. The summed E-state index contributed by atoms with van der Waals surface area (Å²) in [7, 11) is 0. The van der Waals surface area contributed by atoms with Gasteiger partial charge in [0, 0.05) is 11.8 Å². The molecule has 1 N–H and O–H groups in total. The summed E-state index contributed by atoms with van der Waals surface area (Å²) in [5, 5.41) is 10.8. The molecule has 9 heteroatoms. The number of rotatable bonds is 10. The molecule has 3 rings (SSSR count). The molecule has 1 unspecified atom stereocenters. The Morgan fingerprint density at radius 1 is 1.06 bits per heavy atom. The zero-order chi connectivity index (χ0) is 25.8. The minimum atomic E-state index is -4.87. The highest BCUT2D eigenvalue weighted by Crippen LogP contribution is 2.35. The minimum absolute atomic E-state index is 0.0145. The van der Waals surface area contributed by atoms with E-state index in [9.17, 15) is 27.9 Å². The lowest BCUT2D eigenvalue weighted by Crippen LogP contribution is -2.27. The summed E-state index contributed by atoms with van der Waals surface area (Å²) in [5.74, 6) is -1.44. The third-order valence-electron chi connectivity index (χ3n) is 5.99. The molecular weight excluding hydrogens is 485 g/mol. The van der Waals surface area contributed by atoms with Crippen LogP contribution in [0.2, 0.25) is 5.02 Å². The fourth-order valence-electron chi connectivity index (χ4n) is 3.57. The first kappa shape index (κ1) is 26.3. The number of hydrogen-bond acceptors (Lipinski definition) is 4. The lowest BCUT2D eigenvalue weighted by molar-refractivity contribution is -0.274. The number of carbonyl (C=O) groups excluding carboxylic acids is 1. The normalized spacial score (nSPS) is 13.3. The van der Waals surface area contributed by atoms with Crippen molar-refractivity contribution in [3.8, 4) is 11.5 Å². The second kappa shape index (κ2) is 10.6. The lowest BCUT2D eigenvalue weighted by atomic mass is 9.81. The summed E-state index contributed by atoms with van der Waals surface area (Å²) in [6.07, 6.45) is -4.30. The molecule has 0 aliphatic rings. The van der Waals surface area contributed by atoms with Crippen molar-refractivity contribution in [1.29, 1.82) is 0 Å². The predicted molar refractivity (Wildman–Crippen MR) is 126 cm³/mol. The van der Waals surface area contributed by atoms with E-state index in [0.717, 1.165) is 11.5 Å². The molecule has 0 aliphatic heterocycles. The largest absolute Gasteiger partial charge is 0.573 e. The topological polar surface area (TPSA) is 72.8 Å². The van der Waals surface area contributed by atoms with Crippen LogP contribution >= 0.6 is 11.6 Å². The second-order valence-corrected chi connectivity index (χ2v) is 8.81. The molecule has 0 heterocycles. The van der Waals surface area contributed by atoms with Crippen molar-refractivity contribution < 1.29 is 37.3 Å². The standard InChI is InChI=1S/C26H24ClF3O5/c1-3-25(2,24(32)33)13-12-21(31)19-10-9-17-6-4-5-7-18(17)23(19)34-15-16-8-11-22(20(27)14-16)35-26(28,29)30/h4-11,14H,3,12-13,15H2,1-2H3,(H,32,33). The van der Waals surface area contributed by atoms with Crippen LogP contribution < -0.4 is 9.47 Å². The second-order valence-electron chi connectivity index (χ2n) is 8.41. The Bertz CT molecular complexity index is 1240. The van der Waals surface area contributed by atoms with E-state index < -0.39 is 23.5 Å². The number of hydrogen-bond donors (Lipinski definition) is 1. The van der Waals surface area contributed by atoms with Crippen molar-refractivity contribution in [3.05, 3.63) is 70.7 Å². The van der Waals surface area contributed by atoms with Gasteiger partial charge in [0.05, 0.1) is 16.0 Å². The smallest absolute Gasteiger partial charge is 0.487 e. The minimum Gasteiger partial charge on any atom is -0.487 e.